The molecule has 0 fully saturated rings. The molecule has 2 aromatic rings. The quantitative estimate of drug-likeness (QED) is 0.166. The molecule has 0 aliphatic carbocycles. The predicted octanol–water partition coefficient (Wildman–Crippen LogP) is 6.86. The summed E-state index contributed by atoms with van der Waals surface area (Å²) >= 11 is 0. The van der Waals surface area contributed by atoms with E-state index in [9.17, 15) is 14.4 Å². The molecule has 0 spiro atoms. The lowest BCUT2D eigenvalue weighted by Crippen LogP contribution is -2.45. The zero-order chi connectivity index (χ0) is 31.0. The number of rotatable bonds is 12. The third kappa shape index (κ3) is 9.98. The number of benzene rings is 2. The van der Waals surface area contributed by atoms with Crippen molar-refractivity contribution in [2.24, 2.45) is 0 Å². The molecule has 220 valence electrons. The van der Waals surface area contributed by atoms with Crippen LogP contribution in [0.1, 0.15) is 70.7 Å². The topological polar surface area (TPSA) is 103 Å². The average Bonchev–Trinajstić information content (AvgIpc) is 2.89. The maximum absolute atomic E-state index is 12.9. The fourth-order valence-electron chi connectivity index (χ4n) is 3.79. The van der Waals surface area contributed by atoms with Gasteiger partial charge in [0, 0.05) is 5.57 Å². The van der Waals surface area contributed by atoms with Gasteiger partial charge >= 0.3 is 18.2 Å². The van der Waals surface area contributed by atoms with Gasteiger partial charge in [-0.15, -0.1) is 0 Å². The van der Waals surface area contributed by atoms with E-state index in [0.29, 0.717) is 0 Å². The lowest BCUT2D eigenvalue weighted by Gasteiger charge is -2.29. The number of hydrogen-bond donors (Lipinski definition) is 2. The van der Waals surface area contributed by atoms with Crippen molar-refractivity contribution in [3.63, 3.8) is 0 Å². The lowest BCUT2D eigenvalue weighted by molar-refractivity contribution is -0.142. The smallest absolute Gasteiger partial charge is 0.408 e. The normalized spacial score (nSPS) is 12.0. The summed E-state index contributed by atoms with van der Waals surface area (Å²) < 4.78 is 16.1. The molecule has 0 aliphatic heterocycles. The second-order valence-corrected chi connectivity index (χ2v) is 11.2. The first-order chi connectivity index (χ1) is 19.0. The van der Waals surface area contributed by atoms with Gasteiger partial charge in [-0.05, 0) is 76.8 Å². The molecule has 0 saturated heterocycles. The molecule has 0 bridgehead atoms. The minimum Gasteiger partial charge on any atom is -0.458 e. The van der Waals surface area contributed by atoms with E-state index < -0.39 is 35.3 Å². The summed E-state index contributed by atoms with van der Waals surface area (Å²) in [5.74, 6) is -0.653. The number of allylic oxidation sites excluding steroid dienone is 2. The molecule has 2 rings (SSSR count). The van der Waals surface area contributed by atoms with Crippen LogP contribution in [-0.4, -0.2) is 37.5 Å². The van der Waals surface area contributed by atoms with E-state index in [1.54, 1.807) is 0 Å². The molecule has 2 amide bonds. The summed E-state index contributed by atoms with van der Waals surface area (Å²) in [5.41, 5.74) is 4.12. The van der Waals surface area contributed by atoms with Crippen molar-refractivity contribution in [1.82, 2.24) is 10.6 Å². The molecule has 0 heterocycles. The van der Waals surface area contributed by atoms with Gasteiger partial charge in [0.15, 0.2) is 6.10 Å². The van der Waals surface area contributed by atoms with E-state index in [2.05, 4.69) is 30.4 Å². The molecule has 0 saturated carbocycles. The molecule has 41 heavy (non-hydrogen) atoms. The summed E-state index contributed by atoms with van der Waals surface area (Å²) in [6.45, 7) is 23.4. The van der Waals surface area contributed by atoms with Crippen molar-refractivity contribution < 1.29 is 28.6 Å². The summed E-state index contributed by atoms with van der Waals surface area (Å²) in [4.78, 5) is 37.6. The Balaban J connectivity index is 2.08. The second-order valence-electron chi connectivity index (χ2n) is 11.2. The summed E-state index contributed by atoms with van der Waals surface area (Å²) in [7, 11) is 0. The van der Waals surface area contributed by atoms with Gasteiger partial charge in [0.25, 0.3) is 0 Å². The van der Waals surface area contributed by atoms with E-state index in [1.165, 1.54) is 6.92 Å². The molecular weight excluding hydrogens is 520 g/mol. The number of amides is 2. The van der Waals surface area contributed by atoms with E-state index in [-0.39, 0.29) is 18.8 Å². The number of esters is 1. The Kier molecular flexibility index (Phi) is 11.1. The highest BCUT2D eigenvalue weighted by molar-refractivity contribution is 5.87. The molecule has 0 aromatic heterocycles. The van der Waals surface area contributed by atoms with Crippen LogP contribution in [0.3, 0.4) is 0 Å². The highest BCUT2D eigenvalue weighted by atomic mass is 16.6. The van der Waals surface area contributed by atoms with Gasteiger partial charge in [-0.3, -0.25) is 0 Å². The number of ether oxygens (including phenoxy) is 3. The van der Waals surface area contributed by atoms with Crippen LogP contribution in [0, 0.1) is 0 Å². The van der Waals surface area contributed by atoms with Crippen molar-refractivity contribution in [1.29, 1.82) is 0 Å². The van der Waals surface area contributed by atoms with E-state index in [4.69, 9.17) is 14.2 Å². The Morgan fingerprint density at radius 1 is 0.732 bits per heavy atom. The van der Waals surface area contributed by atoms with Crippen LogP contribution in [-0.2, 0) is 30.1 Å². The van der Waals surface area contributed by atoms with Crippen molar-refractivity contribution in [3.8, 4) is 0 Å². The van der Waals surface area contributed by atoms with Crippen LogP contribution in [0.5, 0.6) is 0 Å². The molecule has 1 unspecified atom stereocenters. The Morgan fingerprint density at radius 2 is 1.27 bits per heavy atom. The largest absolute Gasteiger partial charge is 0.458 e. The first-order valence-electron chi connectivity index (χ1n) is 13.3. The average molecular weight is 563 g/mol. The van der Waals surface area contributed by atoms with Gasteiger partial charge < -0.3 is 24.8 Å². The van der Waals surface area contributed by atoms with Crippen molar-refractivity contribution in [2.75, 3.05) is 13.2 Å². The third-order valence-electron chi connectivity index (χ3n) is 6.43. The van der Waals surface area contributed by atoms with Crippen molar-refractivity contribution in [2.45, 2.75) is 65.6 Å². The summed E-state index contributed by atoms with van der Waals surface area (Å²) in [5, 5.41) is 5.65. The van der Waals surface area contributed by atoms with E-state index >= 15 is 0 Å². The van der Waals surface area contributed by atoms with Crippen LogP contribution in [0.25, 0.3) is 11.1 Å². The van der Waals surface area contributed by atoms with E-state index in [0.717, 1.165) is 33.4 Å². The molecule has 1 atom stereocenters. The van der Waals surface area contributed by atoms with Crippen molar-refractivity contribution in [3.05, 3.63) is 96.1 Å². The number of nitrogens with one attached hydrogen (secondary N) is 2. The Labute approximate surface area is 243 Å². The Hall–Kier alpha value is -4.33. The molecule has 0 radical (unpaired) electrons. The van der Waals surface area contributed by atoms with Crippen LogP contribution in [0.2, 0.25) is 0 Å². The summed E-state index contributed by atoms with van der Waals surface area (Å²) in [6.07, 6.45) is -2.56. The number of carbonyl (C=O) groups is 3. The molecule has 0 aliphatic rings. The Bertz CT molecular complexity index is 1310. The van der Waals surface area contributed by atoms with Gasteiger partial charge in [-0.1, -0.05) is 73.3 Å². The summed E-state index contributed by atoms with van der Waals surface area (Å²) in [6, 6.07) is 15.3. The molecular formula is C33H42N2O6. The zero-order valence-corrected chi connectivity index (χ0v) is 25.2. The van der Waals surface area contributed by atoms with Crippen LogP contribution in [0.4, 0.5) is 9.59 Å². The molecule has 2 aromatic carbocycles. The zero-order valence-electron chi connectivity index (χ0n) is 25.2. The number of alkyl carbamates (subject to hydrolysis) is 2. The standard InChI is InChI=1S/C33H42N2O6/c1-21(2)24-14-16-26(17-15-24)32(7,8)35-31(38)41-28(19-39-29(36)23(5)6)20-40-30(37)34-33(9,10)27-13-11-12-25(18-27)22(3)4/h11-18,28H,1,3,5,19-20H2,2,4,6-10H3,(H,34,37)(H,35,38). The SMILES string of the molecule is C=C(C)C(=O)OCC(COC(=O)NC(C)(C)c1cccc(C(=C)C)c1)OC(=O)NC(C)(C)c1ccc(C(=C)C)cc1. The minimum atomic E-state index is -1.07. The van der Waals surface area contributed by atoms with Gasteiger partial charge in [0.2, 0.25) is 0 Å². The maximum Gasteiger partial charge on any atom is 0.408 e. The Morgan fingerprint density at radius 3 is 1.83 bits per heavy atom. The molecule has 8 heteroatoms. The third-order valence-corrected chi connectivity index (χ3v) is 6.43. The molecule has 2 N–H and O–H groups in total. The van der Waals surface area contributed by atoms with Gasteiger partial charge in [0.05, 0.1) is 11.1 Å². The monoisotopic (exact) mass is 562 g/mol. The van der Waals surface area contributed by atoms with Crippen LogP contribution >= 0.6 is 0 Å². The highest BCUT2D eigenvalue weighted by Gasteiger charge is 2.28. The fourth-order valence-corrected chi connectivity index (χ4v) is 3.79. The highest BCUT2D eigenvalue weighted by Crippen LogP contribution is 2.24. The maximum atomic E-state index is 12.9. The van der Waals surface area contributed by atoms with Crippen LogP contribution < -0.4 is 10.6 Å². The predicted molar refractivity (Wildman–Crippen MR) is 162 cm³/mol. The first kappa shape index (κ1) is 32.9. The fraction of sp³-hybridized carbons (Fsp3) is 0.364. The van der Waals surface area contributed by atoms with Crippen LogP contribution in [0.15, 0.2) is 73.8 Å². The second kappa shape index (κ2) is 13.8. The van der Waals surface area contributed by atoms with Gasteiger partial charge in [-0.25, -0.2) is 14.4 Å². The minimum absolute atomic E-state index is 0.185. The lowest BCUT2D eigenvalue weighted by atomic mass is 9.92. The van der Waals surface area contributed by atoms with E-state index in [1.807, 2.05) is 90.1 Å². The van der Waals surface area contributed by atoms with Gasteiger partial charge in [0.1, 0.15) is 13.2 Å². The number of hydrogen-bond acceptors (Lipinski definition) is 6. The van der Waals surface area contributed by atoms with Gasteiger partial charge in [-0.2, -0.15) is 0 Å². The molecule has 8 nitrogen and oxygen atoms in total. The first-order valence-corrected chi connectivity index (χ1v) is 13.3. The van der Waals surface area contributed by atoms with Crippen molar-refractivity contribution >= 4 is 29.3 Å². The number of carbonyl (C=O) groups excluding carboxylic acids is 3.